The minimum absolute atomic E-state index is 0.173. The van der Waals surface area contributed by atoms with E-state index >= 15 is 0 Å². The summed E-state index contributed by atoms with van der Waals surface area (Å²) >= 11 is 0. The molecule has 0 unspecified atom stereocenters. The van der Waals surface area contributed by atoms with Crippen LogP contribution >= 0.6 is 0 Å². The van der Waals surface area contributed by atoms with Crippen LogP contribution in [-0.4, -0.2) is 4.57 Å². The van der Waals surface area contributed by atoms with Crippen LogP contribution < -0.4 is 4.90 Å². The Balaban J connectivity index is 1.03. The molecule has 0 saturated carbocycles. The molecule has 0 aliphatic heterocycles. The van der Waals surface area contributed by atoms with Gasteiger partial charge in [-0.15, -0.1) is 0 Å². The number of anilines is 3. The summed E-state index contributed by atoms with van der Waals surface area (Å²) in [6.45, 7) is 0. The van der Waals surface area contributed by atoms with Crippen molar-refractivity contribution in [2.75, 3.05) is 4.90 Å². The Morgan fingerprint density at radius 1 is 0.404 bits per heavy atom. The van der Waals surface area contributed by atoms with Crippen LogP contribution in [-0.2, 0) is 0 Å². The summed E-state index contributed by atoms with van der Waals surface area (Å²) in [5, 5.41) is 4.37. The van der Waals surface area contributed by atoms with Gasteiger partial charge >= 0.3 is 0 Å². The maximum absolute atomic E-state index is 8.61. The van der Waals surface area contributed by atoms with E-state index in [1.807, 2.05) is 48.5 Å². The molecule has 268 valence electrons. The molecule has 0 aliphatic rings. The Morgan fingerprint density at radius 3 is 1.77 bits per heavy atom. The van der Waals surface area contributed by atoms with Crippen molar-refractivity contribution >= 4 is 60.8 Å². The van der Waals surface area contributed by atoms with E-state index in [-0.39, 0.29) is 29.7 Å². The fourth-order valence-corrected chi connectivity index (χ4v) is 8.20. The summed E-state index contributed by atoms with van der Waals surface area (Å²) in [5.74, 6) is 0. The summed E-state index contributed by atoms with van der Waals surface area (Å²) < 4.78 is 50.6. The Morgan fingerprint density at radius 2 is 1.02 bits per heavy atom. The first kappa shape index (κ1) is 27.9. The van der Waals surface area contributed by atoms with Gasteiger partial charge < -0.3 is 13.9 Å². The van der Waals surface area contributed by atoms with Crippen LogP contribution in [0.15, 0.2) is 223 Å². The van der Waals surface area contributed by atoms with Crippen LogP contribution in [0.5, 0.6) is 0 Å². The SMILES string of the molecule is [2H]c1c([2H])c([2H])c(-c2ccc(N(c3ccc(-c4ccc5oc6c(-c7ccccc7)cccc6c5c4)cc3)c3ccc4c(c3)c3ccccc3n4-c3ccccc3)cc2)c([2H])c1[2H]. The van der Waals surface area contributed by atoms with Gasteiger partial charge in [-0.2, -0.15) is 0 Å². The number of hydrogen-bond acceptors (Lipinski definition) is 2. The fourth-order valence-electron chi connectivity index (χ4n) is 8.20. The van der Waals surface area contributed by atoms with E-state index in [9.17, 15) is 0 Å². The molecule has 0 N–H and O–H groups in total. The fraction of sp³-hybridized carbons (Fsp3) is 0. The molecule has 0 radical (unpaired) electrons. The van der Waals surface area contributed by atoms with Crippen molar-refractivity contribution in [1.82, 2.24) is 4.57 Å². The van der Waals surface area contributed by atoms with E-state index in [1.54, 1.807) is 0 Å². The van der Waals surface area contributed by atoms with E-state index in [0.717, 1.165) is 88.7 Å². The molecule has 11 rings (SSSR count). The van der Waals surface area contributed by atoms with Crippen molar-refractivity contribution in [3.63, 3.8) is 0 Å². The molecule has 11 aromatic rings. The average Bonchev–Trinajstić information content (AvgIpc) is 3.87. The standard InChI is InChI=1S/C54H36N2O/c1-4-13-37(14-5-1)38-23-28-43(29-24-38)55(45-32-33-52-49(36-45)47-19-10-11-22-51(47)56(52)42-17-8-3-9-18-42)44-30-25-39(26-31-44)41-27-34-53-50(35-41)48-21-12-20-46(54(48)57-53)40-15-6-2-7-16-40/h1-36H/i1D,4D,5D,13D,14D. The third-order valence-electron chi connectivity index (χ3n) is 10.9. The number of fused-ring (bicyclic) bond motifs is 6. The van der Waals surface area contributed by atoms with Gasteiger partial charge in [0.2, 0.25) is 0 Å². The molecular formula is C54H36N2O. The van der Waals surface area contributed by atoms with Crippen molar-refractivity contribution in [3.05, 3.63) is 218 Å². The Kier molecular flexibility index (Phi) is 6.65. The van der Waals surface area contributed by atoms with E-state index in [4.69, 9.17) is 11.3 Å². The number of aromatic nitrogens is 1. The zero-order chi connectivity index (χ0) is 42.1. The minimum atomic E-state index is -0.408. The number of benzene rings is 9. The lowest BCUT2D eigenvalue weighted by Crippen LogP contribution is -2.10. The first-order valence-corrected chi connectivity index (χ1v) is 19.0. The van der Waals surface area contributed by atoms with E-state index < -0.39 is 6.04 Å². The molecule has 9 aromatic carbocycles. The Bertz CT molecular complexity index is 3480. The van der Waals surface area contributed by atoms with Crippen molar-refractivity contribution in [3.8, 4) is 39.1 Å². The first-order chi connectivity index (χ1) is 30.3. The maximum Gasteiger partial charge on any atom is 0.143 e. The summed E-state index contributed by atoms with van der Waals surface area (Å²) in [4.78, 5) is 2.20. The molecular weight excluding hydrogens is 693 g/mol. The predicted molar refractivity (Wildman–Crippen MR) is 239 cm³/mol. The normalized spacial score (nSPS) is 12.7. The van der Waals surface area contributed by atoms with Crippen molar-refractivity contribution in [2.45, 2.75) is 0 Å². The molecule has 57 heavy (non-hydrogen) atoms. The number of hydrogen-bond donors (Lipinski definition) is 0. The van der Waals surface area contributed by atoms with Gasteiger partial charge in [0.05, 0.1) is 17.9 Å². The van der Waals surface area contributed by atoms with Gasteiger partial charge in [0, 0.05) is 49.9 Å². The molecule has 2 aromatic heterocycles. The molecule has 0 amide bonds. The van der Waals surface area contributed by atoms with Gasteiger partial charge in [-0.1, -0.05) is 145 Å². The summed E-state index contributed by atoms with van der Waals surface area (Å²) in [7, 11) is 0. The molecule has 0 saturated heterocycles. The molecule has 0 bridgehead atoms. The molecule has 3 heteroatoms. The number of nitrogens with zero attached hydrogens (tertiary/aromatic N) is 2. The minimum Gasteiger partial charge on any atom is -0.455 e. The quantitative estimate of drug-likeness (QED) is 0.163. The third-order valence-corrected chi connectivity index (χ3v) is 10.9. The average molecular weight is 734 g/mol. The second-order valence-electron chi connectivity index (χ2n) is 14.2. The highest BCUT2D eigenvalue weighted by Crippen LogP contribution is 2.42. The first-order valence-electron chi connectivity index (χ1n) is 21.5. The topological polar surface area (TPSA) is 21.3 Å². The van der Waals surface area contributed by atoms with Crippen molar-refractivity contribution in [1.29, 1.82) is 0 Å². The smallest absolute Gasteiger partial charge is 0.143 e. The molecule has 0 aliphatic carbocycles. The highest BCUT2D eigenvalue weighted by Gasteiger charge is 2.18. The monoisotopic (exact) mass is 733 g/mol. The van der Waals surface area contributed by atoms with Crippen LogP contribution in [0.4, 0.5) is 17.1 Å². The third kappa shape index (κ3) is 5.68. The zero-order valence-corrected chi connectivity index (χ0v) is 30.7. The van der Waals surface area contributed by atoms with Crippen LogP contribution in [0.3, 0.4) is 0 Å². The van der Waals surface area contributed by atoms with Crippen molar-refractivity contribution < 1.29 is 11.3 Å². The van der Waals surface area contributed by atoms with Crippen LogP contribution in [0.25, 0.3) is 82.8 Å². The lowest BCUT2D eigenvalue weighted by Gasteiger charge is -2.26. The second kappa shape index (κ2) is 13.6. The lowest BCUT2D eigenvalue weighted by atomic mass is 10.00. The number of para-hydroxylation sites is 3. The number of furan rings is 1. The maximum atomic E-state index is 8.61. The molecule has 0 fully saturated rings. The van der Waals surface area contributed by atoms with Crippen LogP contribution in [0.1, 0.15) is 6.85 Å². The van der Waals surface area contributed by atoms with Gasteiger partial charge in [-0.05, 0) is 101 Å². The van der Waals surface area contributed by atoms with Gasteiger partial charge in [-0.3, -0.25) is 0 Å². The Labute approximate surface area is 337 Å². The summed E-state index contributed by atoms with van der Waals surface area (Å²) in [6, 6.07) is 62.9. The predicted octanol–water partition coefficient (Wildman–Crippen LogP) is 15.2. The van der Waals surface area contributed by atoms with Gasteiger partial charge in [0.15, 0.2) is 0 Å². The number of rotatable bonds is 7. The second-order valence-corrected chi connectivity index (χ2v) is 14.2. The van der Waals surface area contributed by atoms with Crippen LogP contribution in [0.2, 0.25) is 0 Å². The van der Waals surface area contributed by atoms with Crippen LogP contribution in [0, 0.1) is 0 Å². The molecule has 3 nitrogen and oxygen atoms in total. The summed E-state index contributed by atoms with van der Waals surface area (Å²) in [5.41, 5.74) is 12.7. The molecule has 2 heterocycles. The highest BCUT2D eigenvalue weighted by molar-refractivity contribution is 6.12. The summed E-state index contributed by atoms with van der Waals surface area (Å²) in [6.07, 6.45) is 0. The van der Waals surface area contributed by atoms with Gasteiger partial charge in [0.25, 0.3) is 0 Å². The Hall–Kier alpha value is -7.62. The molecule has 0 atom stereocenters. The molecule has 0 spiro atoms. The largest absolute Gasteiger partial charge is 0.455 e. The van der Waals surface area contributed by atoms with E-state index in [0.29, 0.717) is 5.56 Å². The van der Waals surface area contributed by atoms with Gasteiger partial charge in [0.1, 0.15) is 11.2 Å². The van der Waals surface area contributed by atoms with E-state index in [1.165, 1.54) is 0 Å². The van der Waals surface area contributed by atoms with Crippen molar-refractivity contribution in [2.24, 2.45) is 0 Å². The zero-order valence-electron chi connectivity index (χ0n) is 35.7. The van der Waals surface area contributed by atoms with E-state index in [2.05, 4.69) is 149 Å². The lowest BCUT2D eigenvalue weighted by molar-refractivity contribution is 0.670. The highest BCUT2D eigenvalue weighted by atomic mass is 16.3. The van der Waals surface area contributed by atoms with Gasteiger partial charge in [-0.25, -0.2) is 0 Å².